The summed E-state index contributed by atoms with van der Waals surface area (Å²) >= 11 is 0. The van der Waals surface area contributed by atoms with E-state index >= 15 is 0 Å². The first-order valence-corrected chi connectivity index (χ1v) is 11.6. The summed E-state index contributed by atoms with van der Waals surface area (Å²) in [6.45, 7) is 1.29. The van der Waals surface area contributed by atoms with Gasteiger partial charge in [0.25, 0.3) is 0 Å². The van der Waals surface area contributed by atoms with Crippen molar-refractivity contribution < 1.29 is 18.3 Å². The zero-order valence-corrected chi connectivity index (χ0v) is 17.5. The molecule has 2 aliphatic carbocycles. The molecule has 4 aliphatic rings. The molecule has 4 fully saturated rings. The second kappa shape index (κ2) is 10.3. The quantitative estimate of drug-likeness (QED) is 0.408. The van der Waals surface area contributed by atoms with Gasteiger partial charge in [-0.2, -0.15) is 0 Å². The van der Waals surface area contributed by atoms with Gasteiger partial charge in [0.15, 0.2) is 5.96 Å². The number of amides is 1. The molecule has 0 aromatic carbocycles. The van der Waals surface area contributed by atoms with Gasteiger partial charge in [0.2, 0.25) is 5.91 Å². The molecule has 0 bridgehead atoms. The highest BCUT2D eigenvalue weighted by atomic mass is 19.1. The Kier molecular flexibility index (Phi) is 7.54. The highest BCUT2D eigenvalue weighted by Crippen LogP contribution is 2.31. The second-order valence-corrected chi connectivity index (χ2v) is 9.28. The van der Waals surface area contributed by atoms with Crippen LogP contribution in [0.2, 0.25) is 0 Å². The van der Waals surface area contributed by atoms with Gasteiger partial charge in [-0.3, -0.25) is 15.5 Å². The van der Waals surface area contributed by atoms with Gasteiger partial charge in [-0.05, 0) is 63.7 Å². The molecule has 2 aliphatic heterocycles. The summed E-state index contributed by atoms with van der Waals surface area (Å²) in [7, 11) is 0. The zero-order chi connectivity index (χ0) is 20.9. The lowest BCUT2D eigenvalue weighted by atomic mass is 9.82. The van der Waals surface area contributed by atoms with Crippen LogP contribution in [0.1, 0.15) is 64.2 Å². The summed E-state index contributed by atoms with van der Waals surface area (Å²) < 4.78 is 32.3. The van der Waals surface area contributed by atoms with Crippen LogP contribution in [0.25, 0.3) is 0 Å². The minimum Gasteiger partial charge on any atom is -0.379 e. The van der Waals surface area contributed by atoms with E-state index in [0.29, 0.717) is 63.6 Å². The lowest BCUT2D eigenvalue weighted by Gasteiger charge is -2.28. The van der Waals surface area contributed by atoms with Crippen molar-refractivity contribution in [1.82, 2.24) is 21.5 Å². The Bertz CT molecular complexity index is 600. The Morgan fingerprint density at radius 1 is 0.933 bits per heavy atom. The van der Waals surface area contributed by atoms with Crippen LogP contribution in [0.3, 0.4) is 0 Å². The van der Waals surface area contributed by atoms with Gasteiger partial charge in [-0.25, -0.2) is 19.2 Å². The average molecular weight is 428 g/mol. The van der Waals surface area contributed by atoms with Crippen LogP contribution in [0.4, 0.5) is 8.78 Å². The SMILES string of the molecule is O=C(N/C(=N\C1CC(C2CCC(F)CC2)NN1)N[C@@H]1CCOC1)C1CCC(F)CC1. The van der Waals surface area contributed by atoms with Gasteiger partial charge < -0.3 is 10.1 Å². The number of alkyl halides is 2. The Hall–Kier alpha value is -1.32. The van der Waals surface area contributed by atoms with Crippen LogP contribution in [-0.4, -0.2) is 55.7 Å². The Morgan fingerprint density at radius 2 is 1.63 bits per heavy atom. The highest BCUT2D eigenvalue weighted by molar-refractivity contribution is 5.98. The number of hydrazine groups is 1. The molecule has 170 valence electrons. The Morgan fingerprint density at radius 3 is 2.30 bits per heavy atom. The molecule has 3 atom stereocenters. The third kappa shape index (κ3) is 5.88. The first-order valence-electron chi connectivity index (χ1n) is 11.6. The van der Waals surface area contributed by atoms with Crippen molar-refractivity contribution in [3.05, 3.63) is 0 Å². The number of aliphatic imine (C=N–C) groups is 1. The topological polar surface area (TPSA) is 86.8 Å². The molecular formula is C21H35F2N5O2. The van der Waals surface area contributed by atoms with Crippen molar-refractivity contribution in [2.75, 3.05) is 13.2 Å². The predicted octanol–water partition coefficient (Wildman–Crippen LogP) is 2.09. The summed E-state index contributed by atoms with van der Waals surface area (Å²) in [4.78, 5) is 17.5. The third-order valence-corrected chi connectivity index (χ3v) is 7.01. The number of guanidine groups is 1. The Balaban J connectivity index is 1.35. The van der Waals surface area contributed by atoms with Gasteiger partial charge in [0.1, 0.15) is 18.5 Å². The lowest BCUT2D eigenvalue weighted by Crippen LogP contribution is -2.49. The molecule has 0 spiro atoms. The zero-order valence-electron chi connectivity index (χ0n) is 17.5. The second-order valence-electron chi connectivity index (χ2n) is 9.28. The number of hydrogen-bond donors (Lipinski definition) is 4. The van der Waals surface area contributed by atoms with E-state index in [-0.39, 0.29) is 30.1 Å². The van der Waals surface area contributed by atoms with Gasteiger partial charge in [-0.1, -0.05) is 0 Å². The fourth-order valence-corrected chi connectivity index (χ4v) is 5.07. The molecule has 4 N–H and O–H groups in total. The minimum atomic E-state index is -0.783. The van der Waals surface area contributed by atoms with E-state index in [1.165, 1.54) is 0 Å². The standard InChI is InChI=1S/C21H35F2N5O2/c22-15-5-1-13(2-6-15)18-11-19(28-27-18)25-21(24-17-9-10-30-12-17)26-20(29)14-3-7-16(23)8-4-14/h13-19,27-28H,1-12H2,(H2,24,25,26,29)/t13?,14?,15?,16?,17-,18?,19?/m1/s1. The van der Waals surface area contributed by atoms with E-state index in [0.717, 1.165) is 25.7 Å². The van der Waals surface area contributed by atoms with Gasteiger partial charge >= 0.3 is 0 Å². The van der Waals surface area contributed by atoms with Crippen molar-refractivity contribution in [3.63, 3.8) is 0 Å². The van der Waals surface area contributed by atoms with Gasteiger partial charge in [0, 0.05) is 25.0 Å². The van der Waals surface area contributed by atoms with E-state index in [4.69, 9.17) is 9.73 Å². The highest BCUT2D eigenvalue weighted by Gasteiger charge is 2.34. The molecule has 0 radical (unpaired) electrons. The lowest BCUT2D eigenvalue weighted by molar-refractivity contribution is -0.124. The summed E-state index contributed by atoms with van der Waals surface area (Å²) in [5, 5.41) is 6.28. The van der Waals surface area contributed by atoms with Crippen LogP contribution < -0.4 is 21.5 Å². The van der Waals surface area contributed by atoms with Crippen LogP contribution in [0, 0.1) is 11.8 Å². The fourth-order valence-electron chi connectivity index (χ4n) is 5.07. The van der Waals surface area contributed by atoms with Crippen LogP contribution in [-0.2, 0) is 9.53 Å². The normalized spacial score (nSPS) is 40.3. The molecule has 2 saturated carbocycles. The van der Waals surface area contributed by atoms with Crippen molar-refractivity contribution in [3.8, 4) is 0 Å². The monoisotopic (exact) mass is 427 g/mol. The maximum absolute atomic E-state index is 13.4. The van der Waals surface area contributed by atoms with E-state index in [1.807, 2.05) is 0 Å². The summed E-state index contributed by atoms with van der Waals surface area (Å²) in [6.07, 6.45) is 5.21. The van der Waals surface area contributed by atoms with E-state index in [9.17, 15) is 13.6 Å². The molecule has 2 unspecified atom stereocenters. The number of nitrogens with one attached hydrogen (secondary N) is 4. The third-order valence-electron chi connectivity index (χ3n) is 7.01. The van der Waals surface area contributed by atoms with E-state index in [2.05, 4.69) is 21.5 Å². The molecular weight excluding hydrogens is 392 g/mol. The van der Waals surface area contributed by atoms with Gasteiger partial charge in [-0.15, -0.1) is 0 Å². The number of carbonyl (C=O) groups is 1. The van der Waals surface area contributed by atoms with Crippen molar-refractivity contribution in [1.29, 1.82) is 0 Å². The number of nitrogens with zero attached hydrogens (tertiary/aromatic N) is 1. The molecule has 4 rings (SSSR count). The number of hydrogen-bond acceptors (Lipinski definition) is 5. The number of ether oxygens (including phenoxy) is 1. The number of halogens is 2. The molecule has 1 amide bonds. The smallest absolute Gasteiger partial charge is 0.229 e. The van der Waals surface area contributed by atoms with Crippen molar-refractivity contribution >= 4 is 11.9 Å². The number of rotatable bonds is 4. The van der Waals surface area contributed by atoms with E-state index in [1.54, 1.807) is 0 Å². The van der Waals surface area contributed by atoms with E-state index < -0.39 is 12.3 Å². The van der Waals surface area contributed by atoms with Gasteiger partial charge in [0.05, 0.1) is 12.6 Å². The largest absolute Gasteiger partial charge is 0.379 e. The molecule has 2 heterocycles. The fraction of sp³-hybridized carbons (Fsp3) is 0.905. The van der Waals surface area contributed by atoms with Crippen LogP contribution in [0.15, 0.2) is 4.99 Å². The predicted molar refractivity (Wildman–Crippen MR) is 110 cm³/mol. The summed E-state index contributed by atoms with van der Waals surface area (Å²) in [6, 6.07) is 0.383. The van der Waals surface area contributed by atoms with Crippen LogP contribution >= 0.6 is 0 Å². The molecule has 2 saturated heterocycles. The summed E-state index contributed by atoms with van der Waals surface area (Å²) in [5.74, 6) is 0.665. The molecule has 0 aromatic rings. The Labute approximate surface area is 177 Å². The average Bonchev–Trinajstić information content (AvgIpc) is 3.41. The minimum absolute atomic E-state index is 0.0872. The summed E-state index contributed by atoms with van der Waals surface area (Å²) in [5.41, 5.74) is 6.55. The first kappa shape index (κ1) is 21.9. The maximum Gasteiger partial charge on any atom is 0.229 e. The first-order chi connectivity index (χ1) is 14.6. The van der Waals surface area contributed by atoms with Crippen LogP contribution in [0.5, 0.6) is 0 Å². The molecule has 7 nitrogen and oxygen atoms in total. The molecule has 0 aromatic heterocycles. The van der Waals surface area contributed by atoms with Crippen molar-refractivity contribution in [2.24, 2.45) is 16.8 Å². The molecule has 9 heteroatoms. The number of carbonyl (C=O) groups excluding carboxylic acids is 1. The maximum atomic E-state index is 13.4. The van der Waals surface area contributed by atoms with Crippen molar-refractivity contribution in [2.45, 2.75) is 94.8 Å². The molecule has 30 heavy (non-hydrogen) atoms.